The molecule has 2 rings (SSSR count). The molecule has 0 bridgehead atoms. The molecule has 0 spiro atoms. The van der Waals surface area contributed by atoms with Gasteiger partial charge in [-0.25, -0.2) is 8.78 Å². The molecular weight excluding hydrogens is 300 g/mol. The van der Waals surface area contributed by atoms with Crippen molar-refractivity contribution in [3.8, 4) is 11.1 Å². The molecule has 2 aromatic rings. The molecule has 0 aromatic heterocycles. The van der Waals surface area contributed by atoms with Gasteiger partial charge in [0.25, 0.3) is 0 Å². The Morgan fingerprint density at radius 3 is 2.35 bits per heavy atom. The fraction of sp³-hybridized carbons (Fsp3) is 0.278. The van der Waals surface area contributed by atoms with Crippen molar-refractivity contribution in [3.63, 3.8) is 0 Å². The number of carboxylic acids is 1. The Hall–Kier alpha value is -2.27. The van der Waals surface area contributed by atoms with E-state index in [1.165, 1.54) is 12.1 Å². The van der Waals surface area contributed by atoms with Crippen molar-refractivity contribution in [2.24, 2.45) is 5.73 Å². The lowest BCUT2D eigenvalue weighted by Crippen LogP contribution is -2.17. The summed E-state index contributed by atoms with van der Waals surface area (Å²) >= 11 is 0. The standard InChI is InChI=1S/C18H19F2NO2/c1-9-4-10(2)17(14(19)5-9)12-6-11(3)18(20)13(7-12)15(21)8-16(22)23/h4-7,15H,8,21H2,1-3H3,(H,22,23)/t15-/m0/s1. The summed E-state index contributed by atoms with van der Waals surface area (Å²) in [5.41, 5.74) is 8.58. The maximum absolute atomic E-state index is 14.4. The zero-order valence-electron chi connectivity index (χ0n) is 13.3. The molecule has 23 heavy (non-hydrogen) atoms. The second-order valence-electron chi connectivity index (χ2n) is 5.84. The molecular formula is C18H19F2NO2. The van der Waals surface area contributed by atoms with Crippen LogP contribution < -0.4 is 5.73 Å². The Bertz CT molecular complexity index is 749. The maximum atomic E-state index is 14.4. The highest BCUT2D eigenvalue weighted by Crippen LogP contribution is 2.32. The van der Waals surface area contributed by atoms with Gasteiger partial charge in [0.1, 0.15) is 11.6 Å². The molecule has 5 heteroatoms. The van der Waals surface area contributed by atoms with Crippen molar-refractivity contribution in [2.75, 3.05) is 0 Å². The third-order valence-electron chi connectivity index (χ3n) is 3.80. The molecule has 122 valence electrons. The van der Waals surface area contributed by atoms with Crippen LogP contribution in [0.5, 0.6) is 0 Å². The summed E-state index contributed by atoms with van der Waals surface area (Å²) in [7, 11) is 0. The van der Waals surface area contributed by atoms with E-state index in [1.54, 1.807) is 26.8 Å². The van der Waals surface area contributed by atoms with Crippen LogP contribution in [0.2, 0.25) is 0 Å². The van der Waals surface area contributed by atoms with E-state index in [4.69, 9.17) is 10.8 Å². The minimum absolute atomic E-state index is 0.0850. The van der Waals surface area contributed by atoms with Crippen LogP contribution in [0.3, 0.4) is 0 Å². The number of benzene rings is 2. The van der Waals surface area contributed by atoms with Crippen LogP contribution in [-0.2, 0) is 4.79 Å². The summed E-state index contributed by atoms with van der Waals surface area (Å²) in [5, 5.41) is 8.85. The second-order valence-corrected chi connectivity index (χ2v) is 5.84. The Morgan fingerprint density at radius 2 is 1.78 bits per heavy atom. The first-order chi connectivity index (χ1) is 10.7. The van der Waals surface area contributed by atoms with Gasteiger partial charge < -0.3 is 10.8 Å². The van der Waals surface area contributed by atoms with Crippen LogP contribution in [0.15, 0.2) is 24.3 Å². The van der Waals surface area contributed by atoms with Crippen LogP contribution in [0.1, 0.15) is 34.7 Å². The molecule has 1 atom stereocenters. The molecule has 0 fully saturated rings. The number of halogens is 2. The minimum atomic E-state index is -1.11. The van der Waals surface area contributed by atoms with Crippen molar-refractivity contribution in [1.29, 1.82) is 0 Å². The molecule has 0 aliphatic rings. The van der Waals surface area contributed by atoms with E-state index >= 15 is 0 Å². The van der Waals surface area contributed by atoms with Gasteiger partial charge in [-0.3, -0.25) is 4.79 Å². The predicted octanol–water partition coefficient (Wildman–Crippen LogP) is 4.03. The average molecular weight is 319 g/mol. The van der Waals surface area contributed by atoms with Gasteiger partial charge >= 0.3 is 5.97 Å². The lowest BCUT2D eigenvalue weighted by atomic mass is 9.92. The Labute approximate surface area is 133 Å². The molecule has 3 nitrogen and oxygen atoms in total. The lowest BCUT2D eigenvalue weighted by molar-refractivity contribution is -0.137. The van der Waals surface area contributed by atoms with Crippen molar-refractivity contribution in [3.05, 3.63) is 58.2 Å². The highest BCUT2D eigenvalue weighted by Gasteiger charge is 2.19. The number of carboxylic acid groups (broad SMARTS) is 1. The van der Waals surface area contributed by atoms with E-state index < -0.39 is 30.1 Å². The molecule has 0 heterocycles. The highest BCUT2D eigenvalue weighted by molar-refractivity contribution is 5.71. The molecule has 0 aliphatic carbocycles. The quantitative estimate of drug-likeness (QED) is 0.894. The van der Waals surface area contributed by atoms with Crippen molar-refractivity contribution < 1.29 is 18.7 Å². The number of aryl methyl sites for hydroxylation is 3. The average Bonchev–Trinajstić information content (AvgIpc) is 2.40. The first kappa shape index (κ1) is 17.1. The van der Waals surface area contributed by atoms with Gasteiger partial charge in [0.2, 0.25) is 0 Å². The van der Waals surface area contributed by atoms with Gasteiger partial charge in [-0.15, -0.1) is 0 Å². The van der Waals surface area contributed by atoms with Crippen LogP contribution in [0.25, 0.3) is 11.1 Å². The van der Waals surface area contributed by atoms with E-state index in [2.05, 4.69) is 0 Å². The fourth-order valence-corrected chi connectivity index (χ4v) is 2.79. The van der Waals surface area contributed by atoms with E-state index in [-0.39, 0.29) is 5.56 Å². The number of carbonyl (C=O) groups is 1. The third kappa shape index (κ3) is 3.56. The monoisotopic (exact) mass is 319 g/mol. The number of nitrogens with two attached hydrogens (primary N) is 1. The van der Waals surface area contributed by atoms with Gasteiger partial charge in [0.05, 0.1) is 6.42 Å². The Balaban J connectivity index is 2.62. The van der Waals surface area contributed by atoms with Gasteiger partial charge in [0.15, 0.2) is 0 Å². The van der Waals surface area contributed by atoms with Crippen LogP contribution >= 0.6 is 0 Å². The lowest BCUT2D eigenvalue weighted by Gasteiger charge is -2.16. The number of hydrogen-bond acceptors (Lipinski definition) is 2. The number of aliphatic carboxylic acids is 1. The Kier molecular flexibility index (Phi) is 4.80. The summed E-state index contributed by atoms with van der Waals surface area (Å²) in [6.45, 7) is 5.13. The summed E-state index contributed by atoms with van der Waals surface area (Å²) in [4.78, 5) is 10.8. The predicted molar refractivity (Wildman–Crippen MR) is 85.2 cm³/mol. The van der Waals surface area contributed by atoms with Crippen LogP contribution in [0.4, 0.5) is 8.78 Å². The van der Waals surface area contributed by atoms with E-state index in [0.717, 1.165) is 11.1 Å². The van der Waals surface area contributed by atoms with Crippen molar-refractivity contribution in [2.45, 2.75) is 33.2 Å². The third-order valence-corrected chi connectivity index (χ3v) is 3.80. The van der Waals surface area contributed by atoms with Crippen LogP contribution in [0, 0.1) is 32.4 Å². The van der Waals surface area contributed by atoms with Gasteiger partial charge in [-0.05, 0) is 61.2 Å². The van der Waals surface area contributed by atoms with Gasteiger partial charge in [-0.2, -0.15) is 0 Å². The largest absolute Gasteiger partial charge is 0.481 e. The number of rotatable bonds is 4. The van der Waals surface area contributed by atoms with Gasteiger partial charge in [0, 0.05) is 17.2 Å². The van der Waals surface area contributed by atoms with E-state index in [9.17, 15) is 13.6 Å². The van der Waals surface area contributed by atoms with E-state index in [1.807, 2.05) is 6.07 Å². The summed E-state index contributed by atoms with van der Waals surface area (Å²) in [5.74, 6) is -2.06. The molecule has 0 radical (unpaired) electrons. The molecule has 3 N–H and O–H groups in total. The second kappa shape index (κ2) is 6.46. The van der Waals surface area contributed by atoms with Crippen molar-refractivity contribution in [1.82, 2.24) is 0 Å². The van der Waals surface area contributed by atoms with Gasteiger partial charge in [-0.1, -0.05) is 6.07 Å². The number of hydrogen-bond donors (Lipinski definition) is 2. The Morgan fingerprint density at radius 1 is 1.13 bits per heavy atom. The minimum Gasteiger partial charge on any atom is -0.481 e. The highest BCUT2D eigenvalue weighted by atomic mass is 19.1. The summed E-state index contributed by atoms with van der Waals surface area (Å²) in [6, 6.07) is 5.26. The molecule has 2 aromatic carbocycles. The molecule has 0 saturated carbocycles. The SMILES string of the molecule is Cc1cc(C)c(-c2cc(C)c(F)c([C@@H](N)CC(=O)O)c2)c(F)c1. The summed E-state index contributed by atoms with van der Waals surface area (Å²) in [6.07, 6.45) is -0.394. The fourth-order valence-electron chi connectivity index (χ4n) is 2.79. The van der Waals surface area contributed by atoms with Crippen LogP contribution in [-0.4, -0.2) is 11.1 Å². The first-order valence-corrected chi connectivity index (χ1v) is 7.25. The van der Waals surface area contributed by atoms with E-state index in [0.29, 0.717) is 16.7 Å². The molecule has 0 saturated heterocycles. The first-order valence-electron chi connectivity index (χ1n) is 7.25. The normalized spacial score (nSPS) is 12.3. The van der Waals surface area contributed by atoms with Crippen molar-refractivity contribution >= 4 is 5.97 Å². The maximum Gasteiger partial charge on any atom is 0.305 e. The summed E-state index contributed by atoms with van der Waals surface area (Å²) < 4.78 is 28.6. The molecule has 0 amide bonds. The zero-order valence-corrected chi connectivity index (χ0v) is 13.3. The zero-order chi connectivity index (χ0) is 17.3. The smallest absolute Gasteiger partial charge is 0.305 e. The molecule has 0 unspecified atom stereocenters. The molecule has 0 aliphatic heterocycles. The topological polar surface area (TPSA) is 63.3 Å².